The maximum Gasteiger partial charge on any atom is 0.270 e. The second-order valence-electron chi connectivity index (χ2n) is 7.30. The van der Waals surface area contributed by atoms with Gasteiger partial charge in [-0.15, -0.1) is 0 Å². The molecule has 1 aliphatic heterocycles. The molecule has 29 heavy (non-hydrogen) atoms. The number of hydrogen-bond donors (Lipinski definition) is 0. The van der Waals surface area contributed by atoms with Crippen LogP contribution >= 0.6 is 24.0 Å². The van der Waals surface area contributed by atoms with Gasteiger partial charge in [0.05, 0.1) is 10.6 Å². The first-order valence-corrected chi connectivity index (χ1v) is 10.7. The topological polar surface area (TPSA) is 25.2 Å². The minimum atomic E-state index is -0.0669. The summed E-state index contributed by atoms with van der Waals surface area (Å²) in [6.07, 6.45) is 1.96. The van der Waals surface area contributed by atoms with Crippen LogP contribution in [0.4, 0.5) is 5.69 Å². The molecule has 5 heteroatoms. The molecule has 0 unspecified atom stereocenters. The SMILES string of the molecule is Cc1ccc(C)c(-n2c(C)cc(/C=C3/SC(=S)N(c4ccccc4)C3=O)c2C)c1. The van der Waals surface area contributed by atoms with Gasteiger partial charge >= 0.3 is 0 Å². The van der Waals surface area contributed by atoms with Gasteiger partial charge in [-0.2, -0.15) is 0 Å². The molecular formula is C24H22N2OS2. The highest BCUT2D eigenvalue weighted by atomic mass is 32.2. The van der Waals surface area contributed by atoms with Crippen molar-refractivity contribution in [2.24, 2.45) is 0 Å². The molecule has 0 saturated carbocycles. The van der Waals surface area contributed by atoms with Crippen molar-refractivity contribution in [2.75, 3.05) is 4.90 Å². The van der Waals surface area contributed by atoms with Crippen molar-refractivity contribution in [3.63, 3.8) is 0 Å². The molecule has 0 N–H and O–H groups in total. The van der Waals surface area contributed by atoms with E-state index in [-0.39, 0.29) is 5.91 Å². The van der Waals surface area contributed by atoms with E-state index in [9.17, 15) is 4.79 Å². The summed E-state index contributed by atoms with van der Waals surface area (Å²) in [5.41, 5.74) is 7.72. The number of carbonyl (C=O) groups is 1. The number of thiocarbonyl (C=S) groups is 1. The summed E-state index contributed by atoms with van der Waals surface area (Å²) in [4.78, 5) is 15.3. The molecule has 146 valence electrons. The van der Waals surface area contributed by atoms with Crippen LogP contribution < -0.4 is 4.90 Å². The Morgan fingerprint density at radius 1 is 0.966 bits per heavy atom. The van der Waals surface area contributed by atoms with Crippen molar-refractivity contribution >= 4 is 46.0 Å². The van der Waals surface area contributed by atoms with Gasteiger partial charge in [-0.3, -0.25) is 9.69 Å². The molecule has 0 radical (unpaired) electrons. The molecule has 4 rings (SSSR count). The highest BCUT2D eigenvalue weighted by Crippen LogP contribution is 2.37. The lowest BCUT2D eigenvalue weighted by atomic mass is 10.1. The Hall–Kier alpha value is -2.63. The molecule has 0 atom stereocenters. The van der Waals surface area contributed by atoms with Crippen LogP contribution in [-0.4, -0.2) is 14.8 Å². The van der Waals surface area contributed by atoms with Gasteiger partial charge in [0.1, 0.15) is 0 Å². The van der Waals surface area contributed by atoms with Crippen molar-refractivity contribution in [3.05, 3.63) is 87.6 Å². The zero-order chi connectivity index (χ0) is 20.7. The van der Waals surface area contributed by atoms with Crippen molar-refractivity contribution in [1.82, 2.24) is 4.57 Å². The molecule has 1 fully saturated rings. The van der Waals surface area contributed by atoms with E-state index in [2.05, 4.69) is 56.5 Å². The Morgan fingerprint density at radius 3 is 2.41 bits per heavy atom. The van der Waals surface area contributed by atoms with Gasteiger partial charge in [-0.25, -0.2) is 0 Å². The number of benzene rings is 2. The second-order valence-corrected chi connectivity index (χ2v) is 8.98. The number of anilines is 1. The van der Waals surface area contributed by atoms with Gasteiger partial charge in [0.15, 0.2) is 4.32 Å². The summed E-state index contributed by atoms with van der Waals surface area (Å²) in [6, 6.07) is 18.2. The van der Waals surface area contributed by atoms with E-state index in [1.165, 1.54) is 28.6 Å². The van der Waals surface area contributed by atoms with E-state index in [4.69, 9.17) is 12.2 Å². The Bertz CT molecular complexity index is 1160. The van der Waals surface area contributed by atoms with Crippen LogP contribution in [0, 0.1) is 27.7 Å². The molecule has 1 aliphatic rings. The van der Waals surface area contributed by atoms with Crippen molar-refractivity contribution in [1.29, 1.82) is 0 Å². The Labute approximate surface area is 181 Å². The van der Waals surface area contributed by atoms with Gasteiger partial charge in [-0.05, 0) is 74.7 Å². The average Bonchev–Trinajstić information content (AvgIpc) is 3.13. The zero-order valence-corrected chi connectivity index (χ0v) is 18.5. The lowest BCUT2D eigenvalue weighted by Crippen LogP contribution is -2.27. The Kier molecular flexibility index (Phi) is 5.19. The van der Waals surface area contributed by atoms with Crippen LogP contribution in [0.5, 0.6) is 0 Å². The zero-order valence-electron chi connectivity index (χ0n) is 16.9. The smallest absolute Gasteiger partial charge is 0.270 e. The predicted octanol–water partition coefficient (Wildman–Crippen LogP) is 6.12. The van der Waals surface area contributed by atoms with Crippen molar-refractivity contribution < 1.29 is 4.79 Å². The van der Waals surface area contributed by atoms with E-state index >= 15 is 0 Å². The van der Waals surface area contributed by atoms with E-state index in [0.29, 0.717) is 9.23 Å². The number of thioether (sulfide) groups is 1. The fraction of sp³-hybridized carbons (Fsp3) is 0.167. The lowest BCUT2D eigenvalue weighted by Gasteiger charge is -2.14. The molecule has 0 bridgehead atoms. The summed E-state index contributed by atoms with van der Waals surface area (Å²) >= 11 is 6.84. The molecule has 2 heterocycles. The van der Waals surface area contributed by atoms with Crippen LogP contribution in [0.3, 0.4) is 0 Å². The maximum atomic E-state index is 13.0. The van der Waals surface area contributed by atoms with Gasteiger partial charge in [0.25, 0.3) is 5.91 Å². The summed E-state index contributed by atoms with van der Waals surface area (Å²) in [5, 5.41) is 0. The summed E-state index contributed by atoms with van der Waals surface area (Å²) < 4.78 is 2.82. The number of carbonyl (C=O) groups excluding carboxylic acids is 1. The van der Waals surface area contributed by atoms with Gasteiger partial charge in [0, 0.05) is 17.1 Å². The largest absolute Gasteiger partial charge is 0.318 e. The molecule has 2 aromatic carbocycles. The quantitative estimate of drug-likeness (QED) is 0.379. The van der Waals surface area contributed by atoms with Crippen LogP contribution in [0.15, 0.2) is 59.5 Å². The Balaban J connectivity index is 1.74. The third kappa shape index (κ3) is 3.56. The first-order chi connectivity index (χ1) is 13.9. The molecule has 0 aliphatic carbocycles. The minimum Gasteiger partial charge on any atom is -0.318 e. The van der Waals surface area contributed by atoms with Crippen LogP contribution in [0.25, 0.3) is 11.8 Å². The van der Waals surface area contributed by atoms with Crippen LogP contribution in [-0.2, 0) is 4.79 Å². The first kappa shape index (κ1) is 19.7. The van der Waals surface area contributed by atoms with E-state index < -0.39 is 0 Å². The normalized spacial score (nSPS) is 15.6. The van der Waals surface area contributed by atoms with E-state index in [0.717, 1.165) is 22.6 Å². The molecular weight excluding hydrogens is 396 g/mol. The molecule has 1 saturated heterocycles. The number of amides is 1. The average molecular weight is 419 g/mol. The van der Waals surface area contributed by atoms with Gasteiger partial charge in [-0.1, -0.05) is 54.3 Å². The fourth-order valence-corrected chi connectivity index (χ4v) is 4.96. The third-order valence-corrected chi connectivity index (χ3v) is 6.47. The minimum absolute atomic E-state index is 0.0669. The number of hydrogen-bond acceptors (Lipinski definition) is 3. The van der Waals surface area contributed by atoms with Crippen LogP contribution in [0.1, 0.15) is 28.1 Å². The van der Waals surface area contributed by atoms with Crippen LogP contribution in [0.2, 0.25) is 0 Å². The van der Waals surface area contributed by atoms with Crippen molar-refractivity contribution in [3.8, 4) is 5.69 Å². The second kappa shape index (κ2) is 7.65. The molecule has 0 spiro atoms. The van der Waals surface area contributed by atoms with E-state index in [1.54, 1.807) is 4.90 Å². The Morgan fingerprint density at radius 2 is 1.69 bits per heavy atom. The summed E-state index contributed by atoms with van der Waals surface area (Å²) in [5.74, 6) is -0.0669. The monoisotopic (exact) mass is 418 g/mol. The number of aromatic nitrogens is 1. The summed E-state index contributed by atoms with van der Waals surface area (Å²) in [7, 11) is 0. The molecule has 1 amide bonds. The standard InChI is InChI=1S/C24H22N2OS2/c1-15-10-11-16(2)21(12-15)25-17(3)13-19(18(25)4)14-22-23(27)26(24(28)29-22)20-8-6-5-7-9-20/h5-14H,1-4H3/b22-14+. The number of para-hydroxylation sites is 1. The fourth-order valence-electron chi connectivity index (χ4n) is 3.67. The molecule has 1 aromatic heterocycles. The number of nitrogens with zero attached hydrogens (tertiary/aromatic N) is 2. The number of rotatable bonds is 3. The highest BCUT2D eigenvalue weighted by Gasteiger charge is 2.33. The molecule has 3 aromatic rings. The van der Waals surface area contributed by atoms with Crippen molar-refractivity contribution in [2.45, 2.75) is 27.7 Å². The highest BCUT2D eigenvalue weighted by molar-refractivity contribution is 8.27. The van der Waals surface area contributed by atoms with Gasteiger partial charge in [0.2, 0.25) is 0 Å². The number of aryl methyl sites for hydroxylation is 3. The predicted molar refractivity (Wildman–Crippen MR) is 127 cm³/mol. The van der Waals surface area contributed by atoms with E-state index in [1.807, 2.05) is 36.4 Å². The third-order valence-electron chi connectivity index (χ3n) is 5.17. The molecule has 3 nitrogen and oxygen atoms in total. The van der Waals surface area contributed by atoms with Gasteiger partial charge < -0.3 is 4.57 Å². The first-order valence-electron chi connectivity index (χ1n) is 9.46. The summed E-state index contributed by atoms with van der Waals surface area (Å²) in [6.45, 7) is 8.42. The lowest BCUT2D eigenvalue weighted by molar-refractivity contribution is -0.113. The maximum absolute atomic E-state index is 13.0.